The van der Waals surface area contributed by atoms with Crippen LogP contribution in [0.2, 0.25) is 0 Å². The summed E-state index contributed by atoms with van der Waals surface area (Å²) in [7, 11) is 0. The Morgan fingerprint density at radius 2 is 1.96 bits per heavy atom. The van der Waals surface area contributed by atoms with E-state index in [0.29, 0.717) is 13.2 Å². The fourth-order valence-corrected chi connectivity index (χ4v) is 4.44. The molecule has 2 aromatic rings. The molecule has 1 saturated heterocycles. The minimum absolute atomic E-state index is 0. The predicted octanol–water partition coefficient (Wildman–Crippen LogP) is 3.66. The van der Waals surface area contributed by atoms with Gasteiger partial charge in [-0.15, -0.1) is 24.8 Å². The molecular formula is C21H29Cl2N3O2. The molecule has 1 unspecified atom stereocenters. The lowest BCUT2D eigenvalue weighted by atomic mass is 9.85. The smallest absolute Gasteiger partial charge is 0.226 e. The number of rotatable bonds is 5. The molecule has 4 rings (SSSR count). The molecule has 2 heterocycles. The molecule has 1 spiro atoms. The molecule has 28 heavy (non-hydrogen) atoms. The molecule has 0 radical (unpaired) electrons. The Labute approximate surface area is 178 Å². The van der Waals surface area contributed by atoms with Gasteiger partial charge in [0, 0.05) is 11.1 Å². The third-order valence-electron chi connectivity index (χ3n) is 6.27. The van der Waals surface area contributed by atoms with Crippen LogP contribution < -0.4 is 15.4 Å². The van der Waals surface area contributed by atoms with Gasteiger partial charge in [-0.05, 0) is 56.8 Å². The van der Waals surface area contributed by atoms with Crippen molar-refractivity contribution in [1.82, 2.24) is 15.6 Å². The van der Waals surface area contributed by atoms with Gasteiger partial charge in [0.15, 0.2) is 0 Å². The number of aromatic nitrogens is 1. The van der Waals surface area contributed by atoms with E-state index in [1.54, 1.807) is 0 Å². The van der Waals surface area contributed by atoms with Crippen molar-refractivity contribution in [1.29, 1.82) is 0 Å². The second-order valence-corrected chi connectivity index (χ2v) is 7.92. The Kier molecular flexibility index (Phi) is 7.18. The zero-order valence-corrected chi connectivity index (χ0v) is 18.0. The van der Waals surface area contributed by atoms with E-state index < -0.39 is 0 Å². The van der Waals surface area contributed by atoms with Crippen molar-refractivity contribution in [3.8, 4) is 5.75 Å². The number of ether oxygens (including phenoxy) is 1. The lowest BCUT2D eigenvalue weighted by Crippen LogP contribution is -2.39. The van der Waals surface area contributed by atoms with E-state index in [0.717, 1.165) is 54.7 Å². The van der Waals surface area contributed by atoms with Gasteiger partial charge in [-0.1, -0.05) is 25.1 Å². The number of carbonyl (C=O) groups excluding carboxylic acids is 1. The second-order valence-electron chi connectivity index (χ2n) is 7.92. The number of benzene rings is 1. The van der Waals surface area contributed by atoms with Gasteiger partial charge < -0.3 is 15.4 Å². The van der Waals surface area contributed by atoms with Crippen LogP contribution in [0.3, 0.4) is 0 Å². The van der Waals surface area contributed by atoms with Crippen LogP contribution in [0.25, 0.3) is 10.9 Å². The van der Waals surface area contributed by atoms with Crippen LogP contribution in [-0.4, -0.2) is 37.1 Å². The summed E-state index contributed by atoms with van der Waals surface area (Å²) in [6.07, 6.45) is 3.23. The Bertz CT molecular complexity index is 840. The lowest BCUT2D eigenvalue weighted by molar-refractivity contribution is -0.127. The number of fused-ring (bicyclic) bond motifs is 1. The molecule has 154 valence electrons. The highest BCUT2D eigenvalue weighted by Gasteiger charge is 2.67. The van der Waals surface area contributed by atoms with E-state index in [9.17, 15) is 4.79 Å². The summed E-state index contributed by atoms with van der Waals surface area (Å²) in [5.41, 5.74) is 1.87. The zero-order valence-electron chi connectivity index (χ0n) is 16.4. The largest absolute Gasteiger partial charge is 0.489 e. The number of nitrogens with zero attached hydrogens (tertiary/aromatic N) is 1. The second kappa shape index (κ2) is 8.85. The zero-order chi connectivity index (χ0) is 18.2. The van der Waals surface area contributed by atoms with Gasteiger partial charge in [0.05, 0.1) is 12.0 Å². The van der Waals surface area contributed by atoms with Crippen molar-refractivity contribution in [3.05, 3.63) is 36.0 Å². The van der Waals surface area contributed by atoms with E-state index in [-0.39, 0.29) is 41.6 Å². The number of piperidine rings is 1. The first-order chi connectivity index (χ1) is 12.5. The summed E-state index contributed by atoms with van der Waals surface area (Å²) < 4.78 is 5.91. The molecule has 2 aliphatic rings. The summed E-state index contributed by atoms with van der Waals surface area (Å²) in [4.78, 5) is 17.2. The molecule has 5 nitrogen and oxygen atoms in total. The van der Waals surface area contributed by atoms with Gasteiger partial charge in [-0.2, -0.15) is 0 Å². The number of hydrogen-bond donors (Lipinski definition) is 2. The summed E-state index contributed by atoms with van der Waals surface area (Å²) >= 11 is 0. The van der Waals surface area contributed by atoms with Crippen LogP contribution in [0.4, 0.5) is 0 Å². The number of amides is 1. The molecule has 1 amide bonds. The van der Waals surface area contributed by atoms with Crippen molar-refractivity contribution in [2.45, 2.75) is 33.1 Å². The van der Waals surface area contributed by atoms with E-state index in [1.807, 2.05) is 31.2 Å². The van der Waals surface area contributed by atoms with Crippen LogP contribution >= 0.6 is 24.8 Å². The maximum absolute atomic E-state index is 12.7. The summed E-state index contributed by atoms with van der Waals surface area (Å²) in [6, 6.07) is 9.99. The van der Waals surface area contributed by atoms with E-state index in [1.165, 1.54) is 0 Å². The SMILES string of the molecule is Cc1ccc2cccc(OCCNC(=O)C3(C)CC34CCNCC4)c2n1.Cl.Cl. The Morgan fingerprint density at radius 3 is 2.71 bits per heavy atom. The van der Waals surface area contributed by atoms with Crippen molar-refractivity contribution >= 4 is 41.6 Å². The molecule has 7 heteroatoms. The van der Waals surface area contributed by atoms with Crippen LogP contribution in [0, 0.1) is 17.8 Å². The van der Waals surface area contributed by atoms with Crippen LogP contribution in [0.15, 0.2) is 30.3 Å². The molecule has 0 bridgehead atoms. The minimum atomic E-state index is -0.201. The average Bonchev–Trinajstić information content (AvgIpc) is 3.23. The quantitative estimate of drug-likeness (QED) is 0.717. The Hall–Kier alpha value is -1.56. The highest BCUT2D eigenvalue weighted by molar-refractivity contribution is 5.87. The minimum Gasteiger partial charge on any atom is -0.489 e. The Balaban J connectivity index is 0.00000140. The first-order valence-corrected chi connectivity index (χ1v) is 9.52. The van der Waals surface area contributed by atoms with Gasteiger partial charge in [0.1, 0.15) is 17.9 Å². The van der Waals surface area contributed by atoms with Crippen LogP contribution in [-0.2, 0) is 4.79 Å². The lowest BCUT2D eigenvalue weighted by Gasteiger charge is -2.27. The monoisotopic (exact) mass is 425 g/mol. The standard InChI is InChI=1S/C21H27N3O2.2ClH/c1-15-6-7-16-4-3-5-17(18(16)24-15)26-13-12-23-19(25)20(2)14-21(20)8-10-22-11-9-21;;/h3-7,22H,8-14H2,1-2H3,(H,23,25);2*1H. The topological polar surface area (TPSA) is 63.2 Å². The number of pyridine rings is 1. The fraction of sp³-hybridized carbons (Fsp3) is 0.524. The van der Waals surface area contributed by atoms with Crippen LogP contribution in [0.5, 0.6) is 5.75 Å². The number of carbonyl (C=O) groups is 1. The first kappa shape index (κ1) is 22.7. The maximum Gasteiger partial charge on any atom is 0.226 e. The normalized spacial score (nSPS) is 22.1. The van der Waals surface area contributed by atoms with Gasteiger partial charge in [0.25, 0.3) is 0 Å². The number of aryl methyl sites for hydroxylation is 1. The number of nitrogens with one attached hydrogen (secondary N) is 2. The molecule has 1 saturated carbocycles. The third kappa shape index (κ3) is 4.07. The molecule has 1 aliphatic heterocycles. The molecule has 2 fully saturated rings. The summed E-state index contributed by atoms with van der Waals surface area (Å²) in [5.74, 6) is 0.947. The van der Waals surface area contributed by atoms with Crippen molar-refractivity contribution < 1.29 is 9.53 Å². The molecule has 1 aromatic heterocycles. The van der Waals surface area contributed by atoms with Gasteiger partial charge in [-0.3, -0.25) is 4.79 Å². The van der Waals surface area contributed by atoms with Gasteiger partial charge in [-0.25, -0.2) is 4.98 Å². The van der Waals surface area contributed by atoms with Crippen LogP contribution in [0.1, 0.15) is 31.9 Å². The molecule has 1 aromatic carbocycles. The van der Waals surface area contributed by atoms with Gasteiger partial charge >= 0.3 is 0 Å². The van der Waals surface area contributed by atoms with E-state index in [4.69, 9.17) is 4.74 Å². The van der Waals surface area contributed by atoms with Crippen molar-refractivity contribution in [3.63, 3.8) is 0 Å². The summed E-state index contributed by atoms with van der Waals surface area (Å²) in [5, 5.41) is 7.54. The third-order valence-corrected chi connectivity index (χ3v) is 6.27. The van der Waals surface area contributed by atoms with E-state index in [2.05, 4.69) is 28.6 Å². The number of para-hydroxylation sites is 1. The molecule has 2 N–H and O–H groups in total. The molecular weight excluding hydrogens is 397 g/mol. The predicted molar refractivity (Wildman–Crippen MR) is 117 cm³/mol. The number of halogens is 2. The molecule has 1 aliphatic carbocycles. The number of hydrogen-bond acceptors (Lipinski definition) is 4. The highest BCUT2D eigenvalue weighted by atomic mass is 35.5. The van der Waals surface area contributed by atoms with Gasteiger partial charge in [0.2, 0.25) is 5.91 Å². The highest BCUT2D eigenvalue weighted by Crippen LogP contribution is 2.68. The van der Waals surface area contributed by atoms with Crippen molar-refractivity contribution in [2.24, 2.45) is 10.8 Å². The Morgan fingerprint density at radius 1 is 1.21 bits per heavy atom. The summed E-state index contributed by atoms with van der Waals surface area (Å²) in [6.45, 7) is 7.12. The average molecular weight is 426 g/mol. The first-order valence-electron chi connectivity index (χ1n) is 9.52. The maximum atomic E-state index is 12.7. The molecule has 1 atom stereocenters. The van der Waals surface area contributed by atoms with Crippen molar-refractivity contribution in [2.75, 3.05) is 26.2 Å². The fourth-order valence-electron chi connectivity index (χ4n) is 4.44. The van der Waals surface area contributed by atoms with E-state index >= 15 is 0 Å².